The first-order valence-electron chi connectivity index (χ1n) is 6.25. The molecule has 102 valence electrons. The van der Waals surface area contributed by atoms with Gasteiger partial charge >= 0.3 is 0 Å². The molecule has 6 heteroatoms. The van der Waals surface area contributed by atoms with E-state index in [4.69, 9.17) is 4.74 Å². The minimum Gasteiger partial charge on any atom is -0.472 e. The van der Waals surface area contributed by atoms with Crippen molar-refractivity contribution >= 4 is 11.8 Å². The van der Waals surface area contributed by atoms with Crippen LogP contribution in [-0.4, -0.2) is 47.4 Å². The molecule has 0 saturated carbocycles. The van der Waals surface area contributed by atoms with Crippen LogP contribution in [0.5, 0.6) is 5.88 Å². The number of hydrogen-bond acceptors (Lipinski definition) is 4. The predicted molar refractivity (Wildman–Crippen MR) is 68.5 cm³/mol. The molecule has 1 aromatic heterocycles. The van der Waals surface area contributed by atoms with Crippen LogP contribution >= 0.6 is 0 Å². The third-order valence-corrected chi connectivity index (χ3v) is 2.91. The first kappa shape index (κ1) is 13.3. The quantitative estimate of drug-likeness (QED) is 0.842. The third-order valence-electron chi connectivity index (χ3n) is 2.91. The largest absolute Gasteiger partial charge is 0.472 e. The van der Waals surface area contributed by atoms with E-state index in [1.54, 1.807) is 17.2 Å². The minimum atomic E-state index is -0.200. The van der Waals surface area contributed by atoms with E-state index in [0.29, 0.717) is 19.0 Å². The van der Waals surface area contributed by atoms with Gasteiger partial charge in [-0.25, -0.2) is 4.98 Å². The van der Waals surface area contributed by atoms with E-state index in [9.17, 15) is 9.59 Å². The summed E-state index contributed by atoms with van der Waals surface area (Å²) in [6.07, 6.45) is 2.42. The second-order valence-corrected chi connectivity index (χ2v) is 4.45. The molecule has 1 unspecified atom stereocenters. The normalized spacial score (nSPS) is 18.2. The molecule has 1 aromatic rings. The van der Waals surface area contributed by atoms with Crippen molar-refractivity contribution in [3.05, 3.63) is 24.4 Å². The fraction of sp³-hybridized carbons (Fsp3) is 0.462. The molecule has 2 heterocycles. The Kier molecular flexibility index (Phi) is 4.33. The van der Waals surface area contributed by atoms with Crippen LogP contribution < -0.4 is 10.1 Å². The van der Waals surface area contributed by atoms with Gasteiger partial charge in [0, 0.05) is 32.2 Å². The lowest BCUT2D eigenvalue weighted by Crippen LogP contribution is -2.39. The van der Waals surface area contributed by atoms with Crippen LogP contribution in [-0.2, 0) is 9.59 Å². The topological polar surface area (TPSA) is 71.5 Å². The number of amides is 2. The highest BCUT2D eigenvalue weighted by molar-refractivity contribution is 5.83. The number of likely N-dealkylation sites (tertiary alicyclic amines) is 1. The van der Waals surface area contributed by atoms with E-state index in [-0.39, 0.29) is 24.5 Å². The molecule has 1 saturated heterocycles. The van der Waals surface area contributed by atoms with E-state index in [1.165, 1.54) is 6.92 Å². The zero-order valence-corrected chi connectivity index (χ0v) is 10.8. The van der Waals surface area contributed by atoms with Gasteiger partial charge in [-0.2, -0.15) is 0 Å². The molecule has 1 N–H and O–H groups in total. The summed E-state index contributed by atoms with van der Waals surface area (Å²) >= 11 is 0. The third kappa shape index (κ3) is 3.94. The Morgan fingerprint density at radius 3 is 3.05 bits per heavy atom. The zero-order valence-electron chi connectivity index (χ0n) is 10.8. The smallest absolute Gasteiger partial charge is 0.242 e. The average molecular weight is 263 g/mol. The van der Waals surface area contributed by atoms with Gasteiger partial charge in [-0.1, -0.05) is 6.07 Å². The highest BCUT2D eigenvalue weighted by Crippen LogP contribution is 2.15. The van der Waals surface area contributed by atoms with Crippen LogP contribution in [0.15, 0.2) is 24.4 Å². The van der Waals surface area contributed by atoms with Gasteiger partial charge in [0.25, 0.3) is 0 Å². The van der Waals surface area contributed by atoms with Crippen LogP contribution in [0.2, 0.25) is 0 Å². The Bertz CT molecular complexity index is 450. The molecular weight excluding hydrogens is 246 g/mol. The van der Waals surface area contributed by atoms with Gasteiger partial charge < -0.3 is 15.0 Å². The molecule has 0 spiro atoms. The van der Waals surface area contributed by atoms with E-state index >= 15 is 0 Å². The van der Waals surface area contributed by atoms with Crippen molar-refractivity contribution in [1.29, 1.82) is 0 Å². The van der Waals surface area contributed by atoms with Crippen LogP contribution in [0.4, 0.5) is 0 Å². The number of rotatable bonds is 4. The van der Waals surface area contributed by atoms with Crippen molar-refractivity contribution in [1.82, 2.24) is 15.2 Å². The van der Waals surface area contributed by atoms with Gasteiger partial charge in [0.05, 0.1) is 13.1 Å². The number of nitrogens with zero attached hydrogens (tertiary/aromatic N) is 2. The lowest BCUT2D eigenvalue weighted by Gasteiger charge is -2.17. The summed E-state index contributed by atoms with van der Waals surface area (Å²) in [7, 11) is 0. The maximum Gasteiger partial charge on any atom is 0.242 e. The second kappa shape index (κ2) is 6.17. The van der Waals surface area contributed by atoms with Gasteiger partial charge in [0.15, 0.2) is 0 Å². The summed E-state index contributed by atoms with van der Waals surface area (Å²) < 4.78 is 5.69. The van der Waals surface area contributed by atoms with Gasteiger partial charge in [-0.3, -0.25) is 9.59 Å². The number of aromatic nitrogens is 1. The first-order valence-corrected chi connectivity index (χ1v) is 6.25. The highest BCUT2D eigenvalue weighted by atomic mass is 16.5. The Labute approximate surface area is 111 Å². The van der Waals surface area contributed by atoms with Crippen molar-refractivity contribution in [2.75, 3.05) is 19.6 Å². The SMILES string of the molecule is CC(=O)NCC(=O)N1CCC(Oc2ccccn2)C1. The molecule has 1 aliphatic rings. The maximum absolute atomic E-state index is 11.8. The maximum atomic E-state index is 11.8. The van der Waals surface area contributed by atoms with Crippen LogP contribution in [0.1, 0.15) is 13.3 Å². The minimum absolute atomic E-state index is 0.0313. The molecule has 0 bridgehead atoms. The number of ether oxygens (including phenoxy) is 1. The molecule has 1 fully saturated rings. The molecule has 2 rings (SSSR count). The van der Waals surface area contributed by atoms with E-state index in [1.807, 2.05) is 12.1 Å². The number of pyridine rings is 1. The van der Waals surface area contributed by atoms with Gasteiger partial charge in [0.1, 0.15) is 6.10 Å². The highest BCUT2D eigenvalue weighted by Gasteiger charge is 2.27. The van der Waals surface area contributed by atoms with E-state index in [2.05, 4.69) is 10.3 Å². The predicted octanol–water partition coefficient (Wildman–Crippen LogP) is 0.197. The van der Waals surface area contributed by atoms with Crippen molar-refractivity contribution in [3.8, 4) is 5.88 Å². The number of hydrogen-bond donors (Lipinski definition) is 1. The monoisotopic (exact) mass is 263 g/mol. The summed E-state index contributed by atoms with van der Waals surface area (Å²) in [6.45, 7) is 2.63. The molecule has 0 radical (unpaired) electrons. The average Bonchev–Trinajstić information content (AvgIpc) is 2.85. The Balaban J connectivity index is 1.80. The van der Waals surface area contributed by atoms with E-state index < -0.39 is 0 Å². The first-order chi connectivity index (χ1) is 9.15. The lowest BCUT2D eigenvalue weighted by atomic mass is 10.3. The van der Waals surface area contributed by atoms with Crippen molar-refractivity contribution < 1.29 is 14.3 Å². The molecule has 6 nitrogen and oxygen atoms in total. The Morgan fingerprint density at radius 2 is 2.37 bits per heavy atom. The molecule has 1 atom stereocenters. The summed E-state index contributed by atoms with van der Waals surface area (Å²) in [5, 5.41) is 2.50. The fourth-order valence-corrected chi connectivity index (χ4v) is 1.95. The van der Waals surface area contributed by atoms with Gasteiger partial charge in [0.2, 0.25) is 17.7 Å². The molecule has 19 heavy (non-hydrogen) atoms. The van der Waals surface area contributed by atoms with Crippen molar-refractivity contribution in [2.24, 2.45) is 0 Å². The van der Waals surface area contributed by atoms with Crippen LogP contribution in [0.25, 0.3) is 0 Å². The lowest BCUT2D eigenvalue weighted by molar-refractivity contribution is -0.131. The van der Waals surface area contributed by atoms with Crippen LogP contribution in [0.3, 0.4) is 0 Å². The van der Waals surface area contributed by atoms with E-state index in [0.717, 1.165) is 6.42 Å². The Hall–Kier alpha value is -2.11. The van der Waals surface area contributed by atoms with Crippen LogP contribution in [0, 0.1) is 0 Å². The van der Waals surface area contributed by atoms with Crippen molar-refractivity contribution in [3.63, 3.8) is 0 Å². The number of nitrogens with one attached hydrogen (secondary N) is 1. The number of carbonyl (C=O) groups is 2. The van der Waals surface area contributed by atoms with Gasteiger partial charge in [-0.05, 0) is 6.07 Å². The second-order valence-electron chi connectivity index (χ2n) is 4.45. The summed E-state index contributed by atoms with van der Waals surface area (Å²) in [4.78, 5) is 28.3. The molecule has 0 aromatic carbocycles. The zero-order chi connectivity index (χ0) is 13.7. The van der Waals surface area contributed by atoms with Gasteiger partial charge in [-0.15, -0.1) is 0 Å². The molecule has 1 aliphatic heterocycles. The summed E-state index contributed by atoms with van der Waals surface area (Å²) in [5.41, 5.74) is 0. The fourth-order valence-electron chi connectivity index (χ4n) is 1.95. The van der Waals surface area contributed by atoms with Crippen molar-refractivity contribution in [2.45, 2.75) is 19.4 Å². The molecular formula is C13H17N3O3. The summed E-state index contributed by atoms with van der Waals surface area (Å²) in [5.74, 6) is 0.291. The molecule has 2 amide bonds. The summed E-state index contributed by atoms with van der Waals surface area (Å²) in [6, 6.07) is 5.48. The Morgan fingerprint density at radius 1 is 1.53 bits per heavy atom. The molecule has 0 aliphatic carbocycles. The number of carbonyl (C=O) groups excluding carboxylic acids is 2. The standard InChI is InChI=1S/C13H17N3O3/c1-10(17)15-8-13(18)16-7-5-11(9-16)19-12-4-2-3-6-14-12/h2-4,6,11H,5,7-9H2,1H3,(H,15,17).